The van der Waals surface area contributed by atoms with E-state index in [-0.39, 0.29) is 11.9 Å². The SMILES string of the molecule is CCc1ccc(CN2CCC(NC(=O)C(N)N)CC2)cc1. The number of carbonyl (C=O) groups excluding carboxylic acids is 1. The molecule has 0 spiro atoms. The van der Waals surface area contributed by atoms with Crippen molar-refractivity contribution in [3.8, 4) is 0 Å². The second kappa shape index (κ2) is 7.54. The van der Waals surface area contributed by atoms with E-state index in [1.165, 1.54) is 11.1 Å². The van der Waals surface area contributed by atoms with Crippen LogP contribution in [0.3, 0.4) is 0 Å². The van der Waals surface area contributed by atoms with Gasteiger partial charge in [-0.05, 0) is 30.4 Å². The summed E-state index contributed by atoms with van der Waals surface area (Å²) in [5.41, 5.74) is 13.4. The molecule has 1 saturated heterocycles. The van der Waals surface area contributed by atoms with Gasteiger partial charge < -0.3 is 16.8 Å². The van der Waals surface area contributed by atoms with E-state index in [0.29, 0.717) is 0 Å². The van der Waals surface area contributed by atoms with Gasteiger partial charge in [0.1, 0.15) is 6.17 Å². The van der Waals surface area contributed by atoms with Crippen LogP contribution in [-0.2, 0) is 17.8 Å². The number of benzene rings is 1. The van der Waals surface area contributed by atoms with Crippen molar-refractivity contribution in [2.75, 3.05) is 13.1 Å². The summed E-state index contributed by atoms with van der Waals surface area (Å²) in [6, 6.07) is 9.02. The number of amides is 1. The van der Waals surface area contributed by atoms with Crippen LogP contribution < -0.4 is 16.8 Å². The quantitative estimate of drug-likeness (QED) is 0.692. The molecule has 1 fully saturated rings. The van der Waals surface area contributed by atoms with Gasteiger partial charge in [0.25, 0.3) is 5.91 Å². The predicted octanol–water partition coefficient (Wildman–Crippen LogP) is 0.573. The van der Waals surface area contributed by atoms with Crippen molar-refractivity contribution in [1.82, 2.24) is 10.2 Å². The minimum atomic E-state index is -0.917. The van der Waals surface area contributed by atoms with Gasteiger partial charge in [0.05, 0.1) is 0 Å². The maximum Gasteiger partial charge on any atom is 0.251 e. The van der Waals surface area contributed by atoms with Gasteiger partial charge in [-0.1, -0.05) is 31.2 Å². The molecule has 1 aromatic carbocycles. The third-order valence-corrected chi connectivity index (χ3v) is 4.07. The highest BCUT2D eigenvalue weighted by atomic mass is 16.2. The van der Waals surface area contributed by atoms with E-state index in [1.54, 1.807) is 0 Å². The number of hydrogen-bond donors (Lipinski definition) is 3. The standard InChI is InChI=1S/C16H26N4O/c1-2-12-3-5-13(6-4-12)11-20-9-7-14(8-10-20)19-16(21)15(17)18/h3-6,14-15H,2,7-11,17-18H2,1H3,(H,19,21). The third-order valence-electron chi connectivity index (χ3n) is 4.07. The first-order valence-corrected chi connectivity index (χ1v) is 7.70. The Hall–Kier alpha value is -1.43. The topological polar surface area (TPSA) is 84.4 Å². The molecule has 5 N–H and O–H groups in total. The van der Waals surface area contributed by atoms with Gasteiger partial charge in [-0.3, -0.25) is 9.69 Å². The van der Waals surface area contributed by atoms with Crippen molar-refractivity contribution >= 4 is 5.91 Å². The maximum atomic E-state index is 11.5. The smallest absolute Gasteiger partial charge is 0.251 e. The molecule has 116 valence electrons. The molecule has 0 aromatic heterocycles. The summed E-state index contributed by atoms with van der Waals surface area (Å²) in [6.07, 6.45) is 2.06. The summed E-state index contributed by atoms with van der Waals surface area (Å²) in [6.45, 7) is 5.11. The van der Waals surface area contributed by atoms with Gasteiger partial charge in [0.2, 0.25) is 0 Å². The number of rotatable bonds is 5. The molecule has 0 aliphatic carbocycles. The largest absolute Gasteiger partial charge is 0.351 e. The molecule has 1 aliphatic rings. The van der Waals surface area contributed by atoms with Crippen LogP contribution in [0.25, 0.3) is 0 Å². The lowest BCUT2D eigenvalue weighted by Gasteiger charge is -2.32. The van der Waals surface area contributed by atoms with Crippen molar-refractivity contribution in [2.45, 2.75) is 44.9 Å². The molecule has 0 radical (unpaired) electrons. The van der Waals surface area contributed by atoms with Gasteiger partial charge in [0, 0.05) is 25.7 Å². The lowest BCUT2D eigenvalue weighted by Crippen LogP contribution is -2.52. The van der Waals surface area contributed by atoms with Crippen molar-refractivity contribution in [3.05, 3.63) is 35.4 Å². The van der Waals surface area contributed by atoms with E-state index >= 15 is 0 Å². The minimum absolute atomic E-state index is 0.200. The Bertz CT molecular complexity index is 450. The Balaban J connectivity index is 1.77. The molecule has 21 heavy (non-hydrogen) atoms. The van der Waals surface area contributed by atoms with Crippen molar-refractivity contribution in [1.29, 1.82) is 0 Å². The number of nitrogens with two attached hydrogens (primary N) is 2. The number of nitrogens with one attached hydrogen (secondary N) is 1. The zero-order chi connectivity index (χ0) is 15.2. The summed E-state index contributed by atoms with van der Waals surface area (Å²) < 4.78 is 0. The van der Waals surface area contributed by atoms with Gasteiger partial charge in [0.15, 0.2) is 0 Å². The number of hydrogen-bond acceptors (Lipinski definition) is 4. The Morgan fingerprint density at radius 3 is 2.33 bits per heavy atom. The highest BCUT2D eigenvalue weighted by molar-refractivity contribution is 5.81. The Kier molecular flexibility index (Phi) is 5.73. The number of aryl methyl sites for hydroxylation is 1. The van der Waals surface area contributed by atoms with Crippen LogP contribution in [0.15, 0.2) is 24.3 Å². The van der Waals surface area contributed by atoms with Crippen LogP contribution >= 0.6 is 0 Å². The molecule has 5 heteroatoms. The number of piperidine rings is 1. The third kappa shape index (κ3) is 4.81. The van der Waals surface area contributed by atoms with Crippen LogP contribution in [0.5, 0.6) is 0 Å². The highest BCUT2D eigenvalue weighted by Gasteiger charge is 2.21. The summed E-state index contributed by atoms with van der Waals surface area (Å²) in [4.78, 5) is 13.9. The monoisotopic (exact) mass is 290 g/mol. The van der Waals surface area contributed by atoms with E-state index in [0.717, 1.165) is 38.9 Å². The first-order valence-electron chi connectivity index (χ1n) is 7.70. The van der Waals surface area contributed by atoms with Crippen LogP contribution in [0, 0.1) is 0 Å². The lowest BCUT2D eigenvalue weighted by atomic mass is 10.0. The molecule has 0 saturated carbocycles. The molecule has 5 nitrogen and oxygen atoms in total. The second-order valence-corrected chi connectivity index (χ2v) is 5.75. The average molecular weight is 290 g/mol. The Morgan fingerprint density at radius 2 is 1.81 bits per heavy atom. The zero-order valence-corrected chi connectivity index (χ0v) is 12.7. The molecule has 1 heterocycles. The summed E-state index contributed by atoms with van der Waals surface area (Å²) in [7, 11) is 0. The Labute approximate surface area is 126 Å². The van der Waals surface area contributed by atoms with E-state index in [4.69, 9.17) is 11.5 Å². The molecule has 0 bridgehead atoms. The molecular formula is C16H26N4O. The van der Waals surface area contributed by atoms with Crippen molar-refractivity contribution in [2.24, 2.45) is 11.5 Å². The number of nitrogens with zero attached hydrogens (tertiary/aromatic N) is 1. The van der Waals surface area contributed by atoms with E-state index in [2.05, 4.69) is 41.4 Å². The van der Waals surface area contributed by atoms with Gasteiger partial charge in [-0.2, -0.15) is 0 Å². The molecule has 1 aromatic rings. The molecule has 2 rings (SSSR count). The molecule has 1 amide bonds. The molecule has 1 aliphatic heterocycles. The maximum absolute atomic E-state index is 11.5. The first-order chi connectivity index (χ1) is 10.1. The predicted molar refractivity (Wildman–Crippen MR) is 84.4 cm³/mol. The molecular weight excluding hydrogens is 264 g/mol. The Morgan fingerprint density at radius 1 is 1.24 bits per heavy atom. The molecule has 0 atom stereocenters. The van der Waals surface area contributed by atoms with Crippen LogP contribution in [0.1, 0.15) is 30.9 Å². The van der Waals surface area contributed by atoms with Crippen LogP contribution in [0.2, 0.25) is 0 Å². The first kappa shape index (κ1) is 15.9. The lowest BCUT2D eigenvalue weighted by molar-refractivity contribution is -0.123. The van der Waals surface area contributed by atoms with Crippen LogP contribution in [-0.4, -0.2) is 36.1 Å². The fourth-order valence-electron chi connectivity index (χ4n) is 2.67. The second-order valence-electron chi connectivity index (χ2n) is 5.75. The summed E-state index contributed by atoms with van der Waals surface area (Å²) in [5.74, 6) is -0.261. The zero-order valence-electron chi connectivity index (χ0n) is 12.7. The fourth-order valence-corrected chi connectivity index (χ4v) is 2.67. The highest BCUT2D eigenvalue weighted by Crippen LogP contribution is 2.14. The van der Waals surface area contributed by atoms with Crippen LogP contribution in [0.4, 0.5) is 0 Å². The fraction of sp³-hybridized carbons (Fsp3) is 0.562. The summed E-state index contributed by atoms with van der Waals surface area (Å²) in [5, 5.41) is 2.90. The molecule has 0 unspecified atom stereocenters. The van der Waals surface area contributed by atoms with Gasteiger partial charge in [-0.15, -0.1) is 0 Å². The van der Waals surface area contributed by atoms with Gasteiger partial charge in [-0.25, -0.2) is 0 Å². The van der Waals surface area contributed by atoms with Gasteiger partial charge >= 0.3 is 0 Å². The average Bonchev–Trinajstić information content (AvgIpc) is 2.50. The minimum Gasteiger partial charge on any atom is -0.351 e. The van der Waals surface area contributed by atoms with E-state index < -0.39 is 6.17 Å². The van der Waals surface area contributed by atoms with E-state index in [1.807, 2.05) is 0 Å². The summed E-state index contributed by atoms with van der Waals surface area (Å²) >= 11 is 0. The van der Waals surface area contributed by atoms with Crippen molar-refractivity contribution < 1.29 is 4.79 Å². The van der Waals surface area contributed by atoms with E-state index in [9.17, 15) is 4.79 Å². The number of carbonyl (C=O) groups is 1. The normalized spacial score (nSPS) is 17.1. The van der Waals surface area contributed by atoms with Crippen molar-refractivity contribution in [3.63, 3.8) is 0 Å². The number of likely N-dealkylation sites (tertiary alicyclic amines) is 1.